The van der Waals surface area contributed by atoms with Crippen LogP contribution in [0.3, 0.4) is 0 Å². The summed E-state index contributed by atoms with van der Waals surface area (Å²) >= 11 is 0. The van der Waals surface area contributed by atoms with E-state index in [1.165, 1.54) is 0 Å². The Morgan fingerprint density at radius 1 is 0.714 bits per heavy atom. The summed E-state index contributed by atoms with van der Waals surface area (Å²) in [4.78, 5) is 45.9. The van der Waals surface area contributed by atoms with Crippen LogP contribution in [0.25, 0.3) is 0 Å². The van der Waals surface area contributed by atoms with Gasteiger partial charge in [0.05, 0.1) is 11.1 Å². The van der Waals surface area contributed by atoms with Gasteiger partial charge in [-0.25, -0.2) is 9.59 Å². The van der Waals surface area contributed by atoms with Crippen LogP contribution < -0.4 is 0 Å². The first-order chi connectivity index (χ1) is 13.6. The van der Waals surface area contributed by atoms with Crippen molar-refractivity contribution in [2.75, 3.05) is 0 Å². The summed E-state index contributed by atoms with van der Waals surface area (Å²) in [5.74, 6) is -0.919. The second-order valence-corrected chi connectivity index (χ2v) is 6.70. The van der Waals surface area contributed by atoms with Crippen LogP contribution in [0.5, 0.6) is 0 Å². The first-order valence-electron chi connectivity index (χ1n) is 9.11. The molecule has 0 aromatic heterocycles. The van der Waals surface area contributed by atoms with Gasteiger partial charge in [-0.1, -0.05) is 24.3 Å². The molecule has 2 aromatic rings. The van der Waals surface area contributed by atoms with Crippen molar-refractivity contribution in [3.05, 3.63) is 70.8 Å². The lowest BCUT2D eigenvalue weighted by Gasteiger charge is -2.28. The molecule has 2 aromatic carbocycles. The molecule has 6 nitrogen and oxygen atoms in total. The van der Waals surface area contributed by atoms with Gasteiger partial charge in [-0.15, -0.1) is 0 Å². The molecule has 1 saturated carbocycles. The van der Waals surface area contributed by atoms with Crippen molar-refractivity contribution in [2.24, 2.45) is 0 Å². The minimum atomic E-state index is -0.459. The monoisotopic (exact) mass is 380 g/mol. The highest BCUT2D eigenvalue weighted by molar-refractivity contribution is 5.91. The Balaban J connectivity index is 1.55. The van der Waals surface area contributed by atoms with Gasteiger partial charge in [0.1, 0.15) is 24.8 Å². The third kappa shape index (κ3) is 4.91. The van der Waals surface area contributed by atoms with E-state index in [1.54, 1.807) is 48.5 Å². The predicted octanol–water partition coefficient (Wildman–Crippen LogP) is 3.64. The van der Waals surface area contributed by atoms with Gasteiger partial charge >= 0.3 is 11.9 Å². The van der Waals surface area contributed by atoms with Gasteiger partial charge in [-0.05, 0) is 43.5 Å². The Bertz CT molecular complexity index is 782. The number of hydrogen-bond acceptors (Lipinski definition) is 6. The molecular weight excluding hydrogens is 360 g/mol. The van der Waals surface area contributed by atoms with Crippen LogP contribution in [-0.2, 0) is 9.47 Å². The first kappa shape index (κ1) is 19.5. The smallest absolute Gasteiger partial charge is 0.338 e. The third-order valence-electron chi connectivity index (χ3n) is 4.69. The number of carbonyl (C=O) groups excluding carboxylic acids is 4. The van der Waals surface area contributed by atoms with E-state index in [-0.39, 0.29) is 12.2 Å². The molecule has 2 atom stereocenters. The maximum Gasteiger partial charge on any atom is 0.338 e. The lowest BCUT2D eigenvalue weighted by Crippen LogP contribution is -2.31. The number of ether oxygens (including phenoxy) is 2. The maximum absolute atomic E-state index is 12.3. The Morgan fingerprint density at radius 2 is 1.11 bits per heavy atom. The molecule has 144 valence electrons. The zero-order chi connectivity index (χ0) is 19.9. The molecule has 0 bridgehead atoms. The van der Waals surface area contributed by atoms with Gasteiger partial charge in [0, 0.05) is 17.5 Å². The van der Waals surface area contributed by atoms with E-state index in [2.05, 4.69) is 0 Å². The van der Waals surface area contributed by atoms with Crippen molar-refractivity contribution in [1.82, 2.24) is 0 Å². The van der Waals surface area contributed by atoms with Gasteiger partial charge in [-0.2, -0.15) is 0 Å². The minimum absolute atomic E-state index is 0.331. The summed E-state index contributed by atoms with van der Waals surface area (Å²) in [6, 6.07) is 12.4. The van der Waals surface area contributed by atoms with Crippen molar-refractivity contribution in [3.8, 4) is 0 Å². The summed E-state index contributed by atoms with van der Waals surface area (Å²) in [7, 11) is 0. The summed E-state index contributed by atoms with van der Waals surface area (Å²) < 4.78 is 11.1. The van der Waals surface area contributed by atoms with Crippen molar-refractivity contribution in [3.63, 3.8) is 0 Å². The predicted molar refractivity (Wildman–Crippen MR) is 101 cm³/mol. The molecular formula is C22H20O6. The number of hydrogen-bond donors (Lipinski definition) is 0. The summed E-state index contributed by atoms with van der Waals surface area (Å²) in [6.45, 7) is 0. The first-order valence-corrected chi connectivity index (χ1v) is 9.11. The van der Waals surface area contributed by atoms with E-state index in [9.17, 15) is 19.2 Å². The van der Waals surface area contributed by atoms with E-state index in [1.807, 2.05) is 0 Å². The van der Waals surface area contributed by atoms with Crippen molar-refractivity contribution in [1.29, 1.82) is 0 Å². The molecule has 1 aliphatic carbocycles. The van der Waals surface area contributed by atoms with Gasteiger partial charge < -0.3 is 9.47 Å². The number of carbonyl (C=O) groups is 4. The fraction of sp³-hybridized carbons (Fsp3) is 0.273. The van der Waals surface area contributed by atoms with Crippen LogP contribution in [0.1, 0.15) is 67.1 Å². The molecule has 0 N–H and O–H groups in total. The number of rotatable bonds is 6. The summed E-state index contributed by atoms with van der Waals surface area (Å²) in [6.07, 6.45) is 3.40. The summed E-state index contributed by atoms with van der Waals surface area (Å²) in [5.41, 5.74) is 1.73. The van der Waals surface area contributed by atoms with Crippen molar-refractivity contribution in [2.45, 2.75) is 37.9 Å². The van der Waals surface area contributed by atoms with Crippen molar-refractivity contribution >= 4 is 24.5 Å². The zero-order valence-electron chi connectivity index (χ0n) is 15.2. The molecule has 0 heterocycles. The minimum Gasteiger partial charge on any atom is -0.459 e. The quantitative estimate of drug-likeness (QED) is 0.562. The zero-order valence-corrected chi connectivity index (χ0v) is 15.2. The van der Waals surface area contributed by atoms with Crippen LogP contribution in [0.15, 0.2) is 48.5 Å². The lowest BCUT2D eigenvalue weighted by molar-refractivity contribution is -0.0177. The lowest BCUT2D eigenvalue weighted by atomic mass is 9.94. The van der Waals surface area contributed by atoms with E-state index in [0.717, 1.165) is 6.42 Å². The molecule has 0 amide bonds. The molecule has 6 heteroatoms. The molecule has 3 rings (SSSR count). The molecule has 1 fully saturated rings. The summed E-state index contributed by atoms with van der Waals surface area (Å²) in [5, 5.41) is 0. The van der Waals surface area contributed by atoms with Crippen LogP contribution >= 0.6 is 0 Å². The molecule has 0 radical (unpaired) electrons. The van der Waals surface area contributed by atoms with E-state index in [4.69, 9.17) is 9.47 Å². The molecule has 2 unspecified atom stereocenters. The highest BCUT2D eigenvalue weighted by Gasteiger charge is 2.28. The van der Waals surface area contributed by atoms with Crippen molar-refractivity contribution < 1.29 is 28.7 Å². The topological polar surface area (TPSA) is 86.7 Å². The van der Waals surface area contributed by atoms with Gasteiger partial charge in [0.25, 0.3) is 0 Å². The van der Waals surface area contributed by atoms with Crippen LogP contribution in [0.4, 0.5) is 0 Å². The van der Waals surface area contributed by atoms with Gasteiger partial charge in [0.2, 0.25) is 0 Å². The Labute approximate surface area is 162 Å². The fourth-order valence-electron chi connectivity index (χ4n) is 3.15. The normalized spacial score (nSPS) is 18.7. The van der Waals surface area contributed by atoms with E-state index >= 15 is 0 Å². The van der Waals surface area contributed by atoms with Gasteiger partial charge in [0.15, 0.2) is 0 Å². The van der Waals surface area contributed by atoms with Gasteiger partial charge in [-0.3, -0.25) is 9.59 Å². The Kier molecular flexibility index (Phi) is 6.32. The van der Waals surface area contributed by atoms with Crippen LogP contribution in [0, 0.1) is 0 Å². The standard InChI is InChI=1S/C22H20O6/c23-13-15-4-8-17(9-5-15)21(25)27-19-2-1-3-20(12-19)28-22(26)18-10-6-16(14-24)7-11-18/h4-11,13-14,19-20H,1-3,12H2. The van der Waals surface area contributed by atoms with Crippen LogP contribution in [0.2, 0.25) is 0 Å². The third-order valence-corrected chi connectivity index (χ3v) is 4.69. The molecule has 0 spiro atoms. The Morgan fingerprint density at radius 3 is 1.46 bits per heavy atom. The number of esters is 2. The molecule has 0 aliphatic heterocycles. The second kappa shape index (κ2) is 9.08. The molecule has 1 aliphatic rings. The maximum atomic E-state index is 12.3. The molecule has 0 saturated heterocycles. The fourth-order valence-corrected chi connectivity index (χ4v) is 3.15. The largest absolute Gasteiger partial charge is 0.459 e. The Hall–Kier alpha value is -3.28. The SMILES string of the molecule is O=Cc1ccc(C(=O)OC2CCCC(OC(=O)c3ccc(C=O)cc3)C2)cc1. The highest BCUT2D eigenvalue weighted by Crippen LogP contribution is 2.25. The number of aldehydes is 2. The highest BCUT2D eigenvalue weighted by atomic mass is 16.6. The molecule has 28 heavy (non-hydrogen) atoms. The number of benzene rings is 2. The van der Waals surface area contributed by atoms with E-state index in [0.29, 0.717) is 54.1 Å². The average Bonchev–Trinajstić information content (AvgIpc) is 2.74. The average molecular weight is 380 g/mol. The second-order valence-electron chi connectivity index (χ2n) is 6.70. The van der Waals surface area contributed by atoms with E-state index < -0.39 is 11.9 Å². The van der Waals surface area contributed by atoms with Crippen LogP contribution in [-0.4, -0.2) is 36.7 Å².